The minimum atomic E-state index is -0.217. The topological polar surface area (TPSA) is 79.3 Å². The number of nitriles is 1. The lowest BCUT2D eigenvalue weighted by Crippen LogP contribution is -2.27. The number of rotatable bonds is 3. The summed E-state index contributed by atoms with van der Waals surface area (Å²) in [7, 11) is 1.47. The van der Waals surface area contributed by atoms with Gasteiger partial charge in [-0.15, -0.1) is 12.4 Å². The Morgan fingerprint density at radius 3 is 2.61 bits per heavy atom. The first kappa shape index (κ1) is 14.6. The maximum Gasteiger partial charge on any atom is 0.162 e. The Balaban J connectivity index is 0.00000162. The Morgan fingerprint density at radius 2 is 2.17 bits per heavy atom. The van der Waals surface area contributed by atoms with Crippen LogP contribution in [0.25, 0.3) is 0 Å². The van der Waals surface area contributed by atoms with Gasteiger partial charge in [-0.2, -0.15) is 5.26 Å². The number of ether oxygens (including phenoxy) is 1. The van der Waals surface area contributed by atoms with E-state index in [1.165, 1.54) is 19.6 Å². The molecule has 0 unspecified atom stereocenters. The van der Waals surface area contributed by atoms with Gasteiger partial charge >= 0.3 is 0 Å². The van der Waals surface area contributed by atoms with Crippen LogP contribution in [0.2, 0.25) is 0 Å². The Kier molecular flexibility index (Phi) is 4.83. The van der Waals surface area contributed by atoms with Gasteiger partial charge in [0.25, 0.3) is 0 Å². The van der Waals surface area contributed by atoms with Crippen molar-refractivity contribution in [3.8, 4) is 17.6 Å². The van der Waals surface area contributed by atoms with E-state index in [-0.39, 0.29) is 24.2 Å². The summed E-state index contributed by atoms with van der Waals surface area (Å²) in [6.07, 6.45) is 3.35. The SMILES string of the molecule is COc1cc(C#N)cc([C@H](N)C2CCC2)c1O.Cl. The molecule has 1 aromatic carbocycles. The molecule has 0 heterocycles. The largest absolute Gasteiger partial charge is 0.504 e. The number of hydrogen-bond acceptors (Lipinski definition) is 4. The molecule has 2 rings (SSSR count). The van der Waals surface area contributed by atoms with Crippen molar-refractivity contribution in [2.45, 2.75) is 25.3 Å². The van der Waals surface area contributed by atoms with Crippen molar-refractivity contribution in [3.05, 3.63) is 23.3 Å². The molecule has 18 heavy (non-hydrogen) atoms. The summed E-state index contributed by atoms with van der Waals surface area (Å²) >= 11 is 0. The number of nitrogens with two attached hydrogens (primary N) is 1. The van der Waals surface area contributed by atoms with Crippen LogP contribution in [0.4, 0.5) is 0 Å². The van der Waals surface area contributed by atoms with E-state index in [4.69, 9.17) is 15.7 Å². The Hall–Kier alpha value is -1.44. The Morgan fingerprint density at radius 1 is 1.50 bits per heavy atom. The lowest BCUT2D eigenvalue weighted by Gasteiger charge is -2.32. The van der Waals surface area contributed by atoms with Gasteiger partial charge in [0.05, 0.1) is 18.7 Å². The summed E-state index contributed by atoms with van der Waals surface area (Å²) in [6.45, 7) is 0. The van der Waals surface area contributed by atoms with Crippen molar-refractivity contribution in [3.63, 3.8) is 0 Å². The maximum absolute atomic E-state index is 10.0. The van der Waals surface area contributed by atoms with E-state index >= 15 is 0 Å². The van der Waals surface area contributed by atoms with Gasteiger partial charge in [0, 0.05) is 17.7 Å². The number of phenolic OH excluding ortho intramolecular Hbond substituents is 1. The van der Waals surface area contributed by atoms with Crippen LogP contribution in [0.1, 0.15) is 36.4 Å². The molecule has 0 amide bonds. The van der Waals surface area contributed by atoms with Gasteiger partial charge in [-0.3, -0.25) is 0 Å². The molecule has 4 nitrogen and oxygen atoms in total. The van der Waals surface area contributed by atoms with E-state index in [2.05, 4.69) is 6.07 Å². The van der Waals surface area contributed by atoms with Crippen LogP contribution in [-0.4, -0.2) is 12.2 Å². The fourth-order valence-corrected chi connectivity index (χ4v) is 2.16. The van der Waals surface area contributed by atoms with Crippen LogP contribution in [0, 0.1) is 17.2 Å². The Labute approximate surface area is 113 Å². The number of nitrogens with zero attached hydrogens (tertiary/aromatic N) is 1. The number of aromatic hydroxyl groups is 1. The third-order valence-corrected chi connectivity index (χ3v) is 3.47. The monoisotopic (exact) mass is 268 g/mol. The van der Waals surface area contributed by atoms with Gasteiger partial charge in [0.1, 0.15) is 0 Å². The van der Waals surface area contributed by atoms with Crippen LogP contribution >= 0.6 is 12.4 Å². The van der Waals surface area contributed by atoms with Crippen molar-refractivity contribution in [1.29, 1.82) is 5.26 Å². The highest BCUT2D eigenvalue weighted by molar-refractivity contribution is 5.85. The molecule has 1 fully saturated rings. The van der Waals surface area contributed by atoms with Crippen LogP contribution in [-0.2, 0) is 0 Å². The average molecular weight is 269 g/mol. The predicted molar refractivity (Wildman–Crippen MR) is 70.9 cm³/mol. The lowest BCUT2D eigenvalue weighted by atomic mass is 9.77. The van der Waals surface area contributed by atoms with Crippen LogP contribution in [0.15, 0.2) is 12.1 Å². The molecular formula is C13H17ClN2O2. The van der Waals surface area contributed by atoms with Crippen LogP contribution in [0.5, 0.6) is 11.5 Å². The minimum Gasteiger partial charge on any atom is -0.504 e. The maximum atomic E-state index is 10.0. The van der Waals surface area contributed by atoms with Crippen molar-refractivity contribution < 1.29 is 9.84 Å². The smallest absolute Gasteiger partial charge is 0.162 e. The van der Waals surface area contributed by atoms with Gasteiger partial charge in [0.15, 0.2) is 11.5 Å². The molecule has 0 spiro atoms. The van der Waals surface area contributed by atoms with E-state index in [1.807, 2.05) is 0 Å². The summed E-state index contributed by atoms with van der Waals surface area (Å²) in [5.41, 5.74) is 7.20. The van der Waals surface area contributed by atoms with Crippen molar-refractivity contribution >= 4 is 12.4 Å². The molecule has 0 bridgehead atoms. The zero-order chi connectivity index (χ0) is 12.4. The van der Waals surface area contributed by atoms with Gasteiger partial charge in [-0.1, -0.05) is 6.42 Å². The van der Waals surface area contributed by atoms with Crippen molar-refractivity contribution in [1.82, 2.24) is 0 Å². The molecule has 0 radical (unpaired) electrons. The third-order valence-electron chi connectivity index (χ3n) is 3.47. The van der Waals surface area contributed by atoms with Crippen LogP contribution in [0.3, 0.4) is 0 Å². The van der Waals surface area contributed by atoms with Crippen molar-refractivity contribution in [2.75, 3.05) is 7.11 Å². The molecule has 1 saturated carbocycles. The fourth-order valence-electron chi connectivity index (χ4n) is 2.16. The molecule has 0 saturated heterocycles. The second-order valence-electron chi connectivity index (χ2n) is 4.44. The normalized spacial score (nSPS) is 16.1. The molecule has 1 aliphatic rings. The quantitative estimate of drug-likeness (QED) is 0.883. The van der Waals surface area contributed by atoms with Crippen molar-refractivity contribution in [2.24, 2.45) is 11.7 Å². The van der Waals surface area contributed by atoms with Crippen LogP contribution < -0.4 is 10.5 Å². The molecule has 0 aliphatic heterocycles. The highest BCUT2D eigenvalue weighted by Gasteiger charge is 2.28. The summed E-state index contributed by atoms with van der Waals surface area (Å²) in [4.78, 5) is 0. The third kappa shape index (κ3) is 2.53. The van der Waals surface area contributed by atoms with Gasteiger partial charge in [0.2, 0.25) is 0 Å². The van der Waals surface area contributed by atoms with E-state index < -0.39 is 0 Å². The summed E-state index contributed by atoms with van der Waals surface area (Å²) in [5.74, 6) is 0.777. The molecule has 1 atom stereocenters. The summed E-state index contributed by atoms with van der Waals surface area (Å²) in [6, 6.07) is 5.01. The van der Waals surface area contributed by atoms with Gasteiger partial charge < -0.3 is 15.6 Å². The first-order valence-corrected chi connectivity index (χ1v) is 5.74. The van der Waals surface area contributed by atoms with Gasteiger partial charge in [-0.25, -0.2) is 0 Å². The van der Waals surface area contributed by atoms with Gasteiger partial charge in [-0.05, 0) is 24.8 Å². The number of halogens is 1. The first-order chi connectivity index (χ1) is 8.17. The molecular weight excluding hydrogens is 252 g/mol. The molecule has 3 N–H and O–H groups in total. The summed E-state index contributed by atoms with van der Waals surface area (Å²) in [5, 5.41) is 19.0. The highest BCUT2D eigenvalue weighted by Crippen LogP contribution is 2.42. The molecule has 98 valence electrons. The average Bonchev–Trinajstić information content (AvgIpc) is 2.27. The van der Waals surface area contributed by atoms with E-state index in [9.17, 15) is 5.11 Å². The lowest BCUT2D eigenvalue weighted by molar-refractivity contribution is 0.259. The van der Waals surface area contributed by atoms with E-state index in [1.54, 1.807) is 6.07 Å². The van der Waals surface area contributed by atoms with E-state index in [0.29, 0.717) is 22.8 Å². The number of benzene rings is 1. The zero-order valence-corrected chi connectivity index (χ0v) is 11.0. The Bertz CT molecular complexity index is 467. The van der Waals surface area contributed by atoms with E-state index in [0.717, 1.165) is 12.8 Å². The number of methoxy groups -OCH3 is 1. The summed E-state index contributed by atoms with van der Waals surface area (Å²) < 4.78 is 5.05. The molecule has 1 aromatic rings. The standard InChI is InChI=1S/C13H16N2O2.ClH/c1-17-11-6-8(7-14)5-10(13(11)16)12(15)9-3-2-4-9;/h5-6,9,12,16H,2-4,15H2,1H3;1H/t12-;/m1./s1. The molecule has 0 aromatic heterocycles. The fraction of sp³-hybridized carbons (Fsp3) is 0.462. The number of phenols is 1. The second-order valence-corrected chi connectivity index (χ2v) is 4.44. The minimum absolute atomic E-state index is 0. The number of hydrogen-bond donors (Lipinski definition) is 2. The molecule has 1 aliphatic carbocycles. The second kappa shape index (κ2) is 5.94. The zero-order valence-electron chi connectivity index (χ0n) is 10.2. The predicted octanol–water partition coefficient (Wildman–Crippen LogP) is 2.49. The first-order valence-electron chi connectivity index (χ1n) is 5.74. The molecule has 5 heteroatoms. The highest BCUT2D eigenvalue weighted by atomic mass is 35.5.